The molecule has 0 radical (unpaired) electrons. The molecule has 2 N–H and O–H groups in total. The number of nitrogens with two attached hydrogens (primary N) is 1. The number of nitrogen functional groups attached to an aromatic ring is 1. The Hall–Kier alpha value is -2.17. The number of nitrogens with zero attached hydrogens (tertiary/aromatic N) is 1. The molecule has 0 atom stereocenters. The summed E-state index contributed by atoms with van der Waals surface area (Å²) in [5.41, 5.74) is 6.69. The minimum atomic E-state index is -0.149. The molecule has 1 aromatic carbocycles. The Labute approximate surface area is 120 Å². The minimum absolute atomic E-state index is 0.149. The van der Waals surface area contributed by atoms with Crippen molar-refractivity contribution in [2.45, 2.75) is 12.8 Å². The first kappa shape index (κ1) is 15.9. The predicted octanol–water partition coefficient (Wildman–Crippen LogP) is 2.32. The summed E-state index contributed by atoms with van der Waals surface area (Å²) in [6.45, 7) is 4.31. The molecule has 5 nitrogen and oxygen atoms in total. The second-order valence-corrected chi connectivity index (χ2v) is 4.45. The number of benzene rings is 1. The van der Waals surface area contributed by atoms with Gasteiger partial charge < -0.3 is 20.1 Å². The van der Waals surface area contributed by atoms with Crippen molar-refractivity contribution in [1.82, 2.24) is 4.90 Å². The van der Waals surface area contributed by atoms with Crippen molar-refractivity contribution in [1.29, 1.82) is 0 Å². The van der Waals surface area contributed by atoms with Gasteiger partial charge in [0.25, 0.3) is 5.91 Å². The largest absolute Gasteiger partial charge is 0.497 e. The van der Waals surface area contributed by atoms with Crippen molar-refractivity contribution in [3.8, 4) is 11.5 Å². The van der Waals surface area contributed by atoms with Crippen LogP contribution in [0.1, 0.15) is 23.2 Å². The standard InChI is InChI=1S/C15H22N2O3/c1-5-6-7-8-17(2)15(18)12-9-11(19-3)10-13(20-4)14(12)16/h5,9-10H,1,6-8,16H2,2-4H3. The number of carbonyl (C=O) groups excluding carboxylic acids is 1. The van der Waals surface area contributed by atoms with Gasteiger partial charge in [0, 0.05) is 19.7 Å². The quantitative estimate of drug-likeness (QED) is 0.472. The number of unbranched alkanes of at least 4 members (excludes halogenated alkanes) is 1. The number of carbonyl (C=O) groups is 1. The Kier molecular flexibility index (Phi) is 5.90. The number of rotatable bonds is 7. The average Bonchev–Trinajstić information content (AvgIpc) is 2.46. The van der Waals surface area contributed by atoms with Crippen LogP contribution in [-0.4, -0.2) is 38.6 Å². The topological polar surface area (TPSA) is 64.8 Å². The number of hydrogen-bond acceptors (Lipinski definition) is 4. The van der Waals surface area contributed by atoms with Gasteiger partial charge in [-0.15, -0.1) is 6.58 Å². The Morgan fingerprint density at radius 2 is 2.10 bits per heavy atom. The summed E-state index contributed by atoms with van der Waals surface area (Å²) >= 11 is 0. The number of ether oxygens (including phenoxy) is 2. The zero-order valence-corrected chi connectivity index (χ0v) is 12.3. The summed E-state index contributed by atoms with van der Waals surface area (Å²) in [6, 6.07) is 3.29. The van der Waals surface area contributed by atoms with Gasteiger partial charge in [-0.25, -0.2) is 0 Å². The van der Waals surface area contributed by atoms with Gasteiger partial charge in [0.05, 0.1) is 25.5 Å². The molecule has 1 amide bonds. The molecule has 110 valence electrons. The van der Waals surface area contributed by atoms with Crippen LogP contribution in [0, 0.1) is 0 Å². The molecule has 0 bridgehead atoms. The van der Waals surface area contributed by atoms with Gasteiger partial charge in [-0.1, -0.05) is 6.08 Å². The molecule has 1 aromatic rings. The van der Waals surface area contributed by atoms with Crippen molar-refractivity contribution < 1.29 is 14.3 Å². The molecule has 0 aromatic heterocycles. The highest BCUT2D eigenvalue weighted by atomic mass is 16.5. The van der Waals surface area contributed by atoms with Crippen molar-refractivity contribution >= 4 is 11.6 Å². The number of hydrogen-bond donors (Lipinski definition) is 1. The van der Waals surface area contributed by atoms with Crippen LogP contribution in [0.4, 0.5) is 5.69 Å². The van der Waals surface area contributed by atoms with E-state index < -0.39 is 0 Å². The van der Waals surface area contributed by atoms with Crippen LogP contribution in [0.15, 0.2) is 24.8 Å². The highest BCUT2D eigenvalue weighted by Gasteiger charge is 2.18. The molecule has 20 heavy (non-hydrogen) atoms. The highest BCUT2D eigenvalue weighted by molar-refractivity contribution is 6.00. The summed E-state index contributed by atoms with van der Waals surface area (Å²) in [4.78, 5) is 14.0. The second kappa shape index (κ2) is 7.43. The van der Waals surface area contributed by atoms with E-state index in [-0.39, 0.29) is 5.91 Å². The molecule has 0 aliphatic carbocycles. The molecule has 0 saturated heterocycles. The third-order valence-corrected chi connectivity index (χ3v) is 3.05. The summed E-state index contributed by atoms with van der Waals surface area (Å²) < 4.78 is 10.3. The average molecular weight is 278 g/mol. The first-order chi connectivity index (χ1) is 9.54. The number of allylic oxidation sites excluding steroid dienone is 1. The van der Waals surface area contributed by atoms with Gasteiger partial charge in [-0.3, -0.25) is 4.79 Å². The summed E-state index contributed by atoms with van der Waals surface area (Å²) in [6.07, 6.45) is 3.57. The van der Waals surface area contributed by atoms with E-state index in [1.54, 1.807) is 24.1 Å². The van der Waals surface area contributed by atoms with E-state index in [0.29, 0.717) is 29.3 Å². The third-order valence-electron chi connectivity index (χ3n) is 3.05. The zero-order chi connectivity index (χ0) is 15.1. The fourth-order valence-electron chi connectivity index (χ4n) is 1.85. The Balaban J connectivity index is 2.99. The zero-order valence-electron chi connectivity index (χ0n) is 12.3. The first-order valence-electron chi connectivity index (χ1n) is 6.43. The molecule has 1 rings (SSSR count). The Morgan fingerprint density at radius 3 is 2.65 bits per heavy atom. The molecule has 0 spiro atoms. The molecular weight excluding hydrogens is 256 g/mol. The molecule has 0 heterocycles. The SMILES string of the molecule is C=CCCCN(C)C(=O)c1cc(OC)cc(OC)c1N. The maximum atomic E-state index is 12.4. The predicted molar refractivity (Wildman–Crippen MR) is 80.3 cm³/mol. The fraction of sp³-hybridized carbons (Fsp3) is 0.400. The van der Waals surface area contributed by atoms with Gasteiger partial charge in [0.15, 0.2) is 0 Å². The van der Waals surface area contributed by atoms with Crippen molar-refractivity contribution in [3.05, 3.63) is 30.4 Å². The minimum Gasteiger partial charge on any atom is -0.497 e. The molecule has 0 fully saturated rings. The van der Waals surface area contributed by atoms with Crippen LogP contribution >= 0.6 is 0 Å². The van der Waals surface area contributed by atoms with E-state index in [9.17, 15) is 4.79 Å². The van der Waals surface area contributed by atoms with Crippen molar-refractivity contribution in [2.24, 2.45) is 0 Å². The lowest BCUT2D eigenvalue weighted by Crippen LogP contribution is -2.28. The molecule has 0 aliphatic heterocycles. The van der Waals surface area contributed by atoms with E-state index in [0.717, 1.165) is 12.8 Å². The lowest BCUT2D eigenvalue weighted by atomic mass is 10.1. The van der Waals surface area contributed by atoms with Crippen LogP contribution in [0.2, 0.25) is 0 Å². The molecular formula is C15H22N2O3. The lowest BCUT2D eigenvalue weighted by molar-refractivity contribution is 0.0794. The summed E-state index contributed by atoms with van der Waals surface area (Å²) in [7, 11) is 4.79. The van der Waals surface area contributed by atoms with Gasteiger partial charge >= 0.3 is 0 Å². The summed E-state index contributed by atoms with van der Waals surface area (Å²) in [5.74, 6) is 0.829. The van der Waals surface area contributed by atoms with E-state index in [1.807, 2.05) is 6.08 Å². The monoisotopic (exact) mass is 278 g/mol. The third kappa shape index (κ3) is 3.66. The van der Waals surface area contributed by atoms with Crippen LogP contribution in [0.3, 0.4) is 0 Å². The van der Waals surface area contributed by atoms with E-state index >= 15 is 0 Å². The number of amides is 1. The van der Waals surface area contributed by atoms with Crippen LogP contribution in [-0.2, 0) is 0 Å². The van der Waals surface area contributed by atoms with Crippen molar-refractivity contribution in [2.75, 3.05) is 33.5 Å². The smallest absolute Gasteiger partial charge is 0.255 e. The van der Waals surface area contributed by atoms with Gasteiger partial charge in [-0.2, -0.15) is 0 Å². The lowest BCUT2D eigenvalue weighted by Gasteiger charge is -2.19. The molecule has 0 unspecified atom stereocenters. The van der Waals surface area contributed by atoms with Gasteiger partial charge in [0.2, 0.25) is 0 Å². The normalized spacial score (nSPS) is 9.95. The van der Waals surface area contributed by atoms with Crippen LogP contribution in [0.25, 0.3) is 0 Å². The Bertz CT molecular complexity index is 486. The molecule has 0 aliphatic rings. The summed E-state index contributed by atoms with van der Waals surface area (Å²) in [5, 5.41) is 0. The maximum Gasteiger partial charge on any atom is 0.255 e. The second-order valence-electron chi connectivity index (χ2n) is 4.45. The first-order valence-corrected chi connectivity index (χ1v) is 6.43. The number of anilines is 1. The number of methoxy groups -OCH3 is 2. The van der Waals surface area contributed by atoms with E-state index in [4.69, 9.17) is 15.2 Å². The molecule has 0 saturated carbocycles. The van der Waals surface area contributed by atoms with Gasteiger partial charge in [-0.05, 0) is 18.9 Å². The van der Waals surface area contributed by atoms with Crippen LogP contribution in [0.5, 0.6) is 11.5 Å². The molecule has 5 heteroatoms. The maximum absolute atomic E-state index is 12.4. The van der Waals surface area contributed by atoms with Crippen LogP contribution < -0.4 is 15.2 Å². The van der Waals surface area contributed by atoms with E-state index in [1.165, 1.54) is 14.2 Å². The van der Waals surface area contributed by atoms with Gasteiger partial charge in [0.1, 0.15) is 11.5 Å². The van der Waals surface area contributed by atoms with E-state index in [2.05, 4.69) is 6.58 Å². The highest BCUT2D eigenvalue weighted by Crippen LogP contribution is 2.31. The Morgan fingerprint density at radius 1 is 1.40 bits per heavy atom. The van der Waals surface area contributed by atoms with Crippen molar-refractivity contribution in [3.63, 3.8) is 0 Å². The fourth-order valence-corrected chi connectivity index (χ4v) is 1.85.